The highest BCUT2D eigenvalue weighted by Gasteiger charge is 2.79. The fourth-order valence-corrected chi connectivity index (χ4v) is 18.0. The van der Waals surface area contributed by atoms with Gasteiger partial charge in [0.1, 0.15) is 36.6 Å². The Bertz CT molecular complexity index is 2460. The van der Waals surface area contributed by atoms with Crippen molar-refractivity contribution >= 4 is 11.9 Å². The van der Waals surface area contributed by atoms with Crippen LogP contribution in [0.5, 0.6) is 0 Å². The van der Waals surface area contributed by atoms with E-state index in [2.05, 4.69) is 40.9 Å². The molecule has 0 saturated carbocycles. The Morgan fingerprint density at radius 2 is 1.26 bits per heavy atom. The molecule has 444 valence electrons. The van der Waals surface area contributed by atoms with Crippen molar-refractivity contribution in [2.75, 3.05) is 0 Å². The van der Waals surface area contributed by atoms with E-state index in [1.165, 1.54) is 0 Å². The number of carbonyl (C=O) groups excluding carboxylic acids is 1. The van der Waals surface area contributed by atoms with Crippen LogP contribution in [0.25, 0.3) is 0 Å². The summed E-state index contributed by atoms with van der Waals surface area (Å²) in [6, 6.07) is 0. The summed E-state index contributed by atoms with van der Waals surface area (Å²) in [7, 11) is 0. The summed E-state index contributed by atoms with van der Waals surface area (Å²) in [6.07, 6.45) is -5.45. The largest absolute Gasteiger partial charge is 0.481 e. The van der Waals surface area contributed by atoms with Gasteiger partial charge in [-0.2, -0.15) is 0 Å². The predicted octanol–water partition coefficient (Wildman–Crippen LogP) is 3.95. The standard InChI is InChI=1S/C59H82O21/c1-24-13-30-7-9-34-25(2)14-32(66-34)11-12-58-55(64)59(65)54(80-58)53-52(79-59)51(78-58)50-35(70-53)10-8-31(68-50)15-45(63)73-49-29(6)48-40(69-39(49)17-36(67-30)28(24)5)18-38-42(72-48)22-57(74-38)23-43-47(77-57)27(4)21-56(76-43)20-26(3)46-41(75-56)16-33(60)37(71-46)19-44(61)62/h24,26-27,29-43,46-55,60,64-65H,2,5,7-23H2,1,3-4,6H3,(H,61,62)/t24-,26?,27?,29+,30+,31-,32+,33-,34+,35+,36-,37-,38-,39+,40+,41+,42-,43+,46+,47+,48+,49-,50+,51+,52+,53-,54?,55+,56-,57+,58-,59?/m1/s1. The van der Waals surface area contributed by atoms with Crippen molar-refractivity contribution < 1.29 is 101 Å². The van der Waals surface area contributed by atoms with Gasteiger partial charge in [0, 0.05) is 57.3 Å². The number of rotatable bonds is 2. The van der Waals surface area contributed by atoms with Gasteiger partial charge in [0.2, 0.25) is 11.6 Å². The Balaban J connectivity index is 0.666. The molecule has 3 spiro atoms. The maximum atomic E-state index is 14.6. The first-order valence-corrected chi connectivity index (χ1v) is 30.4. The van der Waals surface area contributed by atoms with Crippen LogP contribution in [0.1, 0.15) is 137 Å². The lowest BCUT2D eigenvalue weighted by molar-refractivity contribution is -0.371. The number of hydrogen-bond acceptors (Lipinski definition) is 20. The maximum absolute atomic E-state index is 14.6. The van der Waals surface area contributed by atoms with Gasteiger partial charge in [-0.05, 0) is 73.8 Å². The summed E-state index contributed by atoms with van der Waals surface area (Å²) in [5.74, 6) is -7.08. The quantitative estimate of drug-likeness (QED) is 0.226. The average Bonchev–Trinajstić information content (AvgIpc) is 4.26. The van der Waals surface area contributed by atoms with E-state index >= 15 is 0 Å². The summed E-state index contributed by atoms with van der Waals surface area (Å²) >= 11 is 0. The minimum atomic E-state index is -2.04. The molecule has 21 nitrogen and oxygen atoms in total. The molecule has 16 aliphatic heterocycles. The predicted molar refractivity (Wildman–Crippen MR) is 271 cm³/mol. The first-order valence-electron chi connectivity index (χ1n) is 30.4. The molecule has 16 saturated heterocycles. The zero-order chi connectivity index (χ0) is 55.1. The lowest BCUT2D eigenvalue weighted by Gasteiger charge is -2.54. The molecule has 0 amide bonds. The van der Waals surface area contributed by atoms with Gasteiger partial charge in [-0.15, -0.1) is 0 Å². The van der Waals surface area contributed by atoms with Crippen molar-refractivity contribution in [2.24, 2.45) is 23.7 Å². The first kappa shape index (κ1) is 54.4. The van der Waals surface area contributed by atoms with Crippen molar-refractivity contribution in [1.82, 2.24) is 0 Å². The third-order valence-electron chi connectivity index (χ3n) is 21.8. The maximum Gasteiger partial charge on any atom is 0.308 e. The summed E-state index contributed by atoms with van der Waals surface area (Å²) in [5.41, 5.74) is 1.99. The number of fused-ring (bicyclic) bond motifs is 10. The summed E-state index contributed by atoms with van der Waals surface area (Å²) in [5, 5.41) is 44.2. The van der Waals surface area contributed by atoms with E-state index in [9.17, 15) is 30.0 Å². The smallest absolute Gasteiger partial charge is 0.308 e. The molecule has 0 aliphatic carbocycles. The van der Waals surface area contributed by atoms with E-state index in [0.29, 0.717) is 70.6 Å². The van der Waals surface area contributed by atoms with E-state index in [1.807, 2.05) is 0 Å². The number of aliphatic carboxylic acids is 1. The molecule has 16 fully saturated rings. The van der Waals surface area contributed by atoms with Crippen LogP contribution in [0.15, 0.2) is 24.3 Å². The molecule has 0 aromatic rings. The van der Waals surface area contributed by atoms with Gasteiger partial charge >= 0.3 is 11.9 Å². The minimum absolute atomic E-state index is 0.00631. The van der Waals surface area contributed by atoms with E-state index in [1.54, 1.807) is 0 Å². The van der Waals surface area contributed by atoms with Crippen LogP contribution in [0, 0.1) is 23.7 Å². The molecule has 4 N–H and O–H groups in total. The number of aliphatic hydroxyl groups is 3. The number of hydrogen-bond donors (Lipinski definition) is 4. The summed E-state index contributed by atoms with van der Waals surface area (Å²) in [4.78, 5) is 26.1. The number of carboxylic acid groups (broad SMARTS) is 1. The molecule has 16 aliphatic rings. The normalized spacial score (nSPS) is 58.7. The molecule has 32 atom stereocenters. The lowest BCUT2D eigenvalue weighted by Crippen LogP contribution is -2.63. The van der Waals surface area contributed by atoms with E-state index in [-0.39, 0.29) is 110 Å². The number of aliphatic hydroxyl groups excluding tert-OH is 2. The van der Waals surface area contributed by atoms with Gasteiger partial charge < -0.3 is 91.5 Å². The third kappa shape index (κ3) is 8.84. The van der Waals surface area contributed by atoms with Crippen LogP contribution in [-0.4, -0.2) is 202 Å². The molecule has 0 aromatic heterocycles. The zero-order valence-electron chi connectivity index (χ0n) is 46.3. The molecule has 80 heavy (non-hydrogen) atoms. The van der Waals surface area contributed by atoms with Crippen molar-refractivity contribution in [3.8, 4) is 0 Å². The number of ether oxygens (including phenoxy) is 15. The highest BCUT2D eigenvalue weighted by molar-refractivity contribution is 5.70. The number of esters is 1. The van der Waals surface area contributed by atoms with E-state index in [4.69, 9.17) is 71.1 Å². The molecule has 16 rings (SSSR count). The van der Waals surface area contributed by atoms with Crippen LogP contribution in [0.2, 0.25) is 0 Å². The van der Waals surface area contributed by atoms with E-state index < -0.39 is 121 Å². The van der Waals surface area contributed by atoms with Gasteiger partial charge in [0.25, 0.3) is 0 Å². The van der Waals surface area contributed by atoms with Crippen molar-refractivity contribution in [2.45, 2.75) is 306 Å². The van der Waals surface area contributed by atoms with Crippen molar-refractivity contribution in [1.29, 1.82) is 0 Å². The molecule has 0 radical (unpaired) electrons. The molecule has 4 unspecified atom stereocenters. The molecular formula is C59H82O21. The highest BCUT2D eigenvalue weighted by atomic mass is 16.8. The monoisotopic (exact) mass is 1130 g/mol. The molecular weight excluding hydrogens is 1040 g/mol. The Hall–Kier alpha value is -2.26. The molecule has 12 bridgehead atoms. The van der Waals surface area contributed by atoms with Crippen molar-refractivity contribution in [3.63, 3.8) is 0 Å². The van der Waals surface area contributed by atoms with Gasteiger partial charge in [0.15, 0.2) is 17.7 Å². The third-order valence-corrected chi connectivity index (χ3v) is 21.8. The second-order valence-corrected chi connectivity index (χ2v) is 27.3. The topological polar surface area (TPSA) is 254 Å². The molecule has 0 aromatic carbocycles. The second-order valence-electron chi connectivity index (χ2n) is 27.3. The van der Waals surface area contributed by atoms with Gasteiger partial charge in [-0.3, -0.25) is 9.59 Å². The lowest BCUT2D eigenvalue weighted by atomic mass is 9.78. The Kier molecular flexibility index (Phi) is 13.3. The number of carbonyl (C=O) groups is 2. The van der Waals surface area contributed by atoms with Crippen LogP contribution >= 0.6 is 0 Å². The zero-order valence-corrected chi connectivity index (χ0v) is 46.3. The summed E-state index contributed by atoms with van der Waals surface area (Å²) < 4.78 is 102. The molecule has 16 heterocycles. The van der Waals surface area contributed by atoms with Gasteiger partial charge in [-0.1, -0.05) is 40.9 Å². The summed E-state index contributed by atoms with van der Waals surface area (Å²) in [6.45, 7) is 17.5. The van der Waals surface area contributed by atoms with Crippen molar-refractivity contribution in [3.05, 3.63) is 24.3 Å². The van der Waals surface area contributed by atoms with E-state index in [0.717, 1.165) is 24.0 Å². The Labute approximate surface area is 466 Å². The Morgan fingerprint density at radius 1 is 0.562 bits per heavy atom. The minimum Gasteiger partial charge on any atom is -0.481 e. The van der Waals surface area contributed by atoms with Gasteiger partial charge in [0.05, 0.1) is 117 Å². The van der Waals surface area contributed by atoms with Gasteiger partial charge in [-0.25, -0.2) is 0 Å². The fraction of sp³-hybridized carbons (Fsp3) is 0.898. The second kappa shape index (κ2) is 19.6. The van der Waals surface area contributed by atoms with Crippen LogP contribution in [0.4, 0.5) is 0 Å². The number of carboxylic acids is 1. The van der Waals surface area contributed by atoms with Crippen LogP contribution in [-0.2, 0) is 80.6 Å². The first-order chi connectivity index (χ1) is 38.2. The van der Waals surface area contributed by atoms with Crippen LogP contribution in [0.3, 0.4) is 0 Å². The highest BCUT2D eigenvalue weighted by Crippen LogP contribution is 2.59. The Morgan fingerprint density at radius 3 is 2.09 bits per heavy atom. The molecule has 21 heteroatoms. The van der Waals surface area contributed by atoms with Crippen LogP contribution < -0.4 is 0 Å². The fourth-order valence-electron chi connectivity index (χ4n) is 18.0. The SMILES string of the molecule is C=C1C[C@@H]2CC[C@]34OC5[C@@H]6O[C@H]7CC[C@H](CC(=O)O[C@@H]8[C@@H](C)[C@@H]9O[C@@H]%10C[C@]%11(C[C@@H]%12O[C@]%13(CC(C)[C@@H]%14O[C@H](CC(=O)O)[C@H](O)C[C@@H]%14O%13)CC(C)[C@@H]%12O%11)O[C@@H]%10C[C@@H]9O[C@H]8C[C@H]8O[C@@H](CC[C@@H]1O2)C[C@@H](C)C8=C)O[C@@H]7[C@H](O3)[C@@H]6OC5(O)[C@H]4O. The average molecular weight is 1130 g/mol.